The lowest BCUT2D eigenvalue weighted by atomic mass is 10.3. The van der Waals surface area contributed by atoms with Crippen LogP contribution in [-0.4, -0.2) is 21.1 Å². The van der Waals surface area contributed by atoms with Gasteiger partial charge in [0.05, 0.1) is 5.25 Å². The highest BCUT2D eigenvalue weighted by atomic mass is 32.2. The SMILES string of the molecule is Cc1cc(N)nc(SC(C)C(=O)Nc2ccc(F)c(F)c2)n1. The summed E-state index contributed by atoms with van der Waals surface area (Å²) >= 11 is 1.12. The summed E-state index contributed by atoms with van der Waals surface area (Å²) in [5, 5.41) is 2.35. The van der Waals surface area contributed by atoms with Gasteiger partial charge in [-0.15, -0.1) is 0 Å². The van der Waals surface area contributed by atoms with Gasteiger partial charge in [0, 0.05) is 23.5 Å². The van der Waals surface area contributed by atoms with Gasteiger partial charge in [0.1, 0.15) is 5.82 Å². The molecular weight excluding hydrogens is 310 g/mol. The van der Waals surface area contributed by atoms with Crippen LogP contribution >= 0.6 is 11.8 Å². The molecule has 0 aliphatic rings. The zero-order chi connectivity index (χ0) is 16.3. The highest BCUT2D eigenvalue weighted by Crippen LogP contribution is 2.22. The second-order valence-electron chi connectivity index (χ2n) is 4.59. The predicted molar refractivity (Wildman–Crippen MR) is 81.5 cm³/mol. The molecular formula is C14H14F2N4OS. The minimum absolute atomic E-state index is 0.182. The number of nitrogens with one attached hydrogen (secondary N) is 1. The molecule has 2 rings (SSSR count). The molecule has 0 saturated carbocycles. The van der Waals surface area contributed by atoms with Gasteiger partial charge < -0.3 is 11.1 Å². The minimum atomic E-state index is -1.02. The number of aryl methyl sites for hydroxylation is 1. The Morgan fingerprint density at radius 1 is 1.27 bits per heavy atom. The number of halogens is 2. The van der Waals surface area contributed by atoms with Crippen molar-refractivity contribution in [2.45, 2.75) is 24.3 Å². The van der Waals surface area contributed by atoms with Gasteiger partial charge in [0.2, 0.25) is 5.91 Å². The van der Waals surface area contributed by atoms with E-state index in [0.29, 0.717) is 16.7 Å². The van der Waals surface area contributed by atoms with E-state index in [9.17, 15) is 13.6 Å². The Balaban J connectivity index is 2.04. The molecule has 1 aromatic carbocycles. The molecule has 0 fully saturated rings. The average molecular weight is 324 g/mol. The lowest BCUT2D eigenvalue weighted by Crippen LogP contribution is -2.22. The van der Waals surface area contributed by atoms with Crippen molar-refractivity contribution < 1.29 is 13.6 Å². The maximum atomic E-state index is 13.1. The predicted octanol–water partition coefficient (Wildman–Crippen LogP) is 2.76. The number of anilines is 2. The van der Waals surface area contributed by atoms with E-state index in [1.807, 2.05) is 0 Å². The van der Waals surface area contributed by atoms with Crippen molar-refractivity contribution >= 4 is 29.2 Å². The monoisotopic (exact) mass is 324 g/mol. The molecule has 116 valence electrons. The number of carbonyl (C=O) groups is 1. The Morgan fingerprint density at radius 3 is 2.64 bits per heavy atom. The summed E-state index contributed by atoms with van der Waals surface area (Å²) in [6.45, 7) is 3.43. The Labute approximate surface area is 130 Å². The number of aromatic nitrogens is 2. The molecule has 0 aliphatic carbocycles. The first kappa shape index (κ1) is 16.2. The molecule has 1 amide bonds. The molecule has 2 aromatic rings. The van der Waals surface area contributed by atoms with Crippen LogP contribution in [0.1, 0.15) is 12.6 Å². The van der Waals surface area contributed by atoms with E-state index in [0.717, 1.165) is 23.9 Å². The second-order valence-corrected chi connectivity index (χ2v) is 5.90. The van der Waals surface area contributed by atoms with Gasteiger partial charge in [-0.2, -0.15) is 0 Å². The van der Waals surface area contributed by atoms with Crippen LogP contribution in [0.15, 0.2) is 29.4 Å². The van der Waals surface area contributed by atoms with Crippen LogP contribution in [0.3, 0.4) is 0 Å². The first-order valence-corrected chi connectivity index (χ1v) is 7.27. The van der Waals surface area contributed by atoms with Gasteiger partial charge in [0.25, 0.3) is 0 Å². The Kier molecular flexibility index (Phi) is 4.92. The molecule has 1 heterocycles. The van der Waals surface area contributed by atoms with Crippen molar-refractivity contribution in [1.29, 1.82) is 0 Å². The van der Waals surface area contributed by atoms with E-state index in [2.05, 4.69) is 15.3 Å². The summed E-state index contributed by atoms with van der Waals surface area (Å²) in [6, 6.07) is 4.78. The number of hydrogen-bond acceptors (Lipinski definition) is 5. The van der Waals surface area contributed by atoms with E-state index in [1.165, 1.54) is 6.07 Å². The van der Waals surface area contributed by atoms with Gasteiger partial charge in [-0.3, -0.25) is 4.79 Å². The second kappa shape index (κ2) is 6.69. The fraction of sp³-hybridized carbons (Fsp3) is 0.214. The number of hydrogen-bond donors (Lipinski definition) is 2. The van der Waals surface area contributed by atoms with Crippen molar-refractivity contribution in [3.63, 3.8) is 0 Å². The highest BCUT2D eigenvalue weighted by Gasteiger charge is 2.17. The number of nitrogen functional groups attached to an aromatic ring is 1. The zero-order valence-corrected chi connectivity index (χ0v) is 12.7. The third-order valence-corrected chi connectivity index (χ3v) is 3.65. The maximum absolute atomic E-state index is 13.1. The van der Waals surface area contributed by atoms with E-state index in [4.69, 9.17) is 5.73 Å². The molecule has 0 saturated heterocycles. The standard InChI is InChI=1S/C14H14F2N4OS/c1-7-5-12(17)20-14(18-7)22-8(2)13(21)19-9-3-4-10(15)11(16)6-9/h3-6,8H,1-2H3,(H,19,21)(H2,17,18,20). The summed E-state index contributed by atoms with van der Waals surface area (Å²) in [5.74, 6) is -2.04. The molecule has 5 nitrogen and oxygen atoms in total. The maximum Gasteiger partial charge on any atom is 0.237 e. The van der Waals surface area contributed by atoms with Gasteiger partial charge in [-0.25, -0.2) is 18.7 Å². The topological polar surface area (TPSA) is 80.9 Å². The van der Waals surface area contributed by atoms with E-state index >= 15 is 0 Å². The van der Waals surface area contributed by atoms with Crippen LogP contribution < -0.4 is 11.1 Å². The van der Waals surface area contributed by atoms with Crippen LogP contribution in [-0.2, 0) is 4.79 Å². The third-order valence-electron chi connectivity index (χ3n) is 2.69. The van der Waals surface area contributed by atoms with Crippen LogP contribution in [0.25, 0.3) is 0 Å². The van der Waals surface area contributed by atoms with Gasteiger partial charge in [0.15, 0.2) is 16.8 Å². The first-order chi connectivity index (χ1) is 10.3. The Hall–Kier alpha value is -2.22. The average Bonchev–Trinajstić information content (AvgIpc) is 2.41. The lowest BCUT2D eigenvalue weighted by molar-refractivity contribution is -0.115. The minimum Gasteiger partial charge on any atom is -0.384 e. The third kappa shape index (κ3) is 4.14. The van der Waals surface area contributed by atoms with Crippen molar-refractivity contribution in [2.24, 2.45) is 0 Å². The van der Waals surface area contributed by atoms with Gasteiger partial charge >= 0.3 is 0 Å². The number of thioether (sulfide) groups is 1. The summed E-state index contributed by atoms with van der Waals surface area (Å²) in [4.78, 5) is 20.2. The Bertz CT molecular complexity index is 691. The highest BCUT2D eigenvalue weighted by molar-refractivity contribution is 8.00. The van der Waals surface area contributed by atoms with Crippen LogP contribution in [0, 0.1) is 18.6 Å². The number of amides is 1. The molecule has 3 N–H and O–H groups in total. The molecule has 0 aliphatic heterocycles. The quantitative estimate of drug-likeness (QED) is 0.668. The molecule has 1 atom stereocenters. The number of nitrogens with two attached hydrogens (primary N) is 1. The number of carbonyl (C=O) groups excluding carboxylic acids is 1. The summed E-state index contributed by atoms with van der Waals surface area (Å²) < 4.78 is 25.9. The fourth-order valence-corrected chi connectivity index (χ4v) is 2.48. The van der Waals surface area contributed by atoms with Crippen LogP contribution in [0.2, 0.25) is 0 Å². The summed E-state index contributed by atoms with van der Waals surface area (Å²) in [7, 11) is 0. The number of rotatable bonds is 4. The normalized spacial score (nSPS) is 12.0. The zero-order valence-electron chi connectivity index (χ0n) is 11.9. The number of nitrogens with zero attached hydrogens (tertiary/aromatic N) is 2. The fourth-order valence-electron chi connectivity index (χ4n) is 1.65. The van der Waals surface area contributed by atoms with E-state index in [-0.39, 0.29) is 11.6 Å². The summed E-state index contributed by atoms with van der Waals surface area (Å²) in [6.07, 6.45) is 0. The molecule has 22 heavy (non-hydrogen) atoms. The molecule has 0 radical (unpaired) electrons. The van der Waals surface area contributed by atoms with Crippen molar-refractivity contribution in [1.82, 2.24) is 9.97 Å². The van der Waals surface area contributed by atoms with Crippen LogP contribution in [0.4, 0.5) is 20.3 Å². The molecule has 1 aromatic heterocycles. The lowest BCUT2D eigenvalue weighted by Gasteiger charge is -2.11. The van der Waals surface area contributed by atoms with Crippen LogP contribution in [0.5, 0.6) is 0 Å². The molecule has 0 bridgehead atoms. The molecule has 0 spiro atoms. The van der Waals surface area contributed by atoms with Gasteiger partial charge in [-0.1, -0.05) is 11.8 Å². The smallest absolute Gasteiger partial charge is 0.237 e. The largest absolute Gasteiger partial charge is 0.384 e. The first-order valence-electron chi connectivity index (χ1n) is 6.39. The van der Waals surface area contributed by atoms with Crippen molar-refractivity contribution in [3.8, 4) is 0 Å². The Morgan fingerprint density at radius 2 is 2.00 bits per heavy atom. The molecule has 1 unspecified atom stereocenters. The summed E-state index contributed by atoms with van der Waals surface area (Å²) in [5.41, 5.74) is 6.50. The molecule has 8 heteroatoms. The van der Waals surface area contributed by atoms with Crippen molar-refractivity contribution in [3.05, 3.63) is 41.6 Å². The van der Waals surface area contributed by atoms with E-state index < -0.39 is 16.9 Å². The van der Waals surface area contributed by atoms with Gasteiger partial charge in [-0.05, 0) is 26.0 Å². The van der Waals surface area contributed by atoms with E-state index in [1.54, 1.807) is 19.9 Å². The van der Waals surface area contributed by atoms with Crippen molar-refractivity contribution in [2.75, 3.05) is 11.1 Å². The number of benzene rings is 1.